The number of sulfone groups is 1. The molecule has 2 heterocycles. The van der Waals surface area contributed by atoms with Crippen LogP contribution in [0.4, 0.5) is 11.6 Å². The Labute approximate surface area is 112 Å². The SMILES string of the molecule is COCc1nc(N)cc(NCC2CCCS2(=O)=O)n1. The molecule has 106 valence electrons. The first kappa shape index (κ1) is 14.0. The number of nitrogens with two attached hydrogens (primary N) is 1. The summed E-state index contributed by atoms with van der Waals surface area (Å²) in [6.45, 7) is 0.618. The second-order valence-electron chi connectivity index (χ2n) is 4.54. The van der Waals surface area contributed by atoms with E-state index >= 15 is 0 Å². The molecule has 1 fully saturated rings. The molecule has 1 saturated heterocycles. The molecule has 0 spiro atoms. The van der Waals surface area contributed by atoms with Crippen LogP contribution in [0.25, 0.3) is 0 Å². The molecule has 1 unspecified atom stereocenters. The van der Waals surface area contributed by atoms with Gasteiger partial charge >= 0.3 is 0 Å². The van der Waals surface area contributed by atoms with Crippen LogP contribution in [0, 0.1) is 0 Å². The Hall–Kier alpha value is -1.41. The van der Waals surface area contributed by atoms with Gasteiger partial charge in [-0.25, -0.2) is 18.4 Å². The summed E-state index contributed by atoms with van der Waals surface area (Å²) in [6.07, 6.45) is 1.43. The number of hydrogen-bond acceptors (Lipinski definition) is 7. The standard InChI is InChI=1S/C11H18N4O3S/c1-18-7-11-14-9(12)5-10(15-11)13-6-8-3-2-4-19(8,16)17/h5,8H,2-4,6-7H2,1H3,(H3,12,13,14,15). The molecule has 1 aliphatic heterocycles. The molecule has 1 atom stereocenters. The molecule has 0 amide bonds. The summed E-state index contributed by atoms with van der Waals surface area (Å²) in [5.41, 5.74) is 5.66. The van der Waals surface area contributed by atoms with Crippen molar-refractivity contribution in [3.8, 4) is 0 Å². The van der Waals surface area contributed by atoms with E-state index in [1.54, 1.807) is 13.2 Å². The van der Waals surface area contributed by atoms with Crippen LogP contribution in [0.5, 0.6) is 0 Å². The van der Waals surface area contributed by atoms with Gasteiger partial charge in [0.25, 0.3) is 0 Å². The van der Waals surface area contributed by atoms with Gasteiger partial charge in [0.1, 0.15) is 18.2 Å². The highest BCUT2D eigenvalue weighted by atomic mass is 32.2. The third-order valence-corrected chi connectivity index (χ3v) is 5.32. The van der Waals surface area contributed by atoms with Gasteiger partial charge in [0.2, 0.25) is 0 Å². The van der Waals surface area contributed by atoms with Crippen LogP contribution in [0.2, 0.25) is 0 Å². The maximum Gasteiger partial charge on any atom is 0.158 e. The zero-order valence-corrected chi connectivity index (χ0v) is 11.6. The van der Waals surface area contributed by atoms with Crippen molar-refractivity contribution < 1.29 is 13.2 Å². The minimum Gasteiger partial charge on any atom is -0.384 e. The molecule has 1 aromatic rings. The van der Waals surface area contributed by atoms with E-state index in [9.17, 15) is 8.42 Å². The zero-order valence-electron chi connectivity index (χ0n) is 10.8. The number of hydrogen-bond donors (Lipinski definition) is 2. The Balaban J connectivity index is 2.03. The molecule has 2 rings (SSSR count). The summed E-state index contributed by atoms with van der Waals surface area (Å²) in [6, 6.07) is 1.58. The number of anilines is 2. The zero-order chi connectivity index (χ0) is 13.9. The number of aromatic nitrogens is 2. The smallest absolute Gasteiger partial charge is 0.158 e. The minimum atomic E-state index is -2.95. The fraction of sp³-hybridized carbons (Fsp3) is 0.636. The fourth-order valence-electron chi connectivity index (χ4n) is 2.11. The number of nitrogens with zero attached hydrogens (tertiary/aromatic N) is 2. The van der Waals surface area contributed by atoms with Crippen molar-refractivity contribution >= 4 is 21.5 Å². The summed E-state index contributed by atoms with van der Waals surface area (Å²) in [5.74, 6) is 1.61. The maximum absolute atomic E-state index is 11.7. The third kappa shape index (κ3) is 3.54. The molecule has 19 heavy (non-hydrogen) atoms. The van der Waals surface area contributed by atoms with E-state index in [2.05, 4.69) is 15.3 Å². The van der Waals surface area contributed by atoms with Crippen LogP contribution in [-0.4, -0.2) is 43.0 Å². The molecule has 7 nitrogen and oxygen atoms in total. The Morgan fingerprint density at radius 2 is 2.32 bits per heavy atom. The number of ether oxygens (including phenoxy) is 1. The molecule has 0 aliphatic carbocycles. The fourth-order valence-corrected chi connectivity index (χ4v) is 3.87. The predicted molar refractivity (Wildman–Crippen MR) is 72.5 cm³/mol. The predicted octanol–water partition coefficient (Wildman–Crippen LogP) is 0.194. The van der Waals surface area contributed by atoms with Crippen LogP contribution in [0.1, 0.15) is 18.7 Å². The van der Waals surface area contributed by atoms with E-state index in [1.807, 2.05) is 0 Å². The molecule has 0 saturated carbocycles. The summed E-state index contributed by atoms with van der Waals surface area (Å²) in [5, 5.41) is 2.68. The van der Waals surface area contributed by atoms with Crippen LogP contribution in [0.3, 0.4) is 0 Å². The van der Waals surface area contributed by atoms with Crippen molar-refractivity contribution in [3.63, 3.8) is 0 Å². The first-order chi connectivity index (χ1) is 9.01. The second-order valence-corrected chi connectivity index (χ2v) is 6.94. The average Bonchev–Trinajstić information content (AvgIpc) is 2.65. The molecule has 0 aromatic carbocycles. The van der Waals surface area contributed by atoms with E-state index in [4.69, 9.17) is 10.5 Å². The number of nitrogen functional groups attached to an aromatic ring is 1. The molecule has 3 N–H and O–H groups in total. The summed E-state index contributed by atoms with van der Waals surface area (Å²) < 4.78 is 28.3. The summed E-state index contributed by atoms with van der Waals surface area (Å²) >= 11 is 0. The molecular weight excluding hydrogens is 268 g/mol. The van der Waals surface area contributed by atoms with Crippen LogP contribution in [-0.2, 0) is 21.2 Å². The summed E-state index contributed by atoms with van der Waals surface area (Å²) in [7, 11) is -1.40. The van der Waals surface area contributed by atoms with E-state index in [0.717, 1.165) is 6.42 Å². The highest BCUT2D eigenvalue weighted by molar-refractivity contribution is 7.92. The van der Waals surface area contributed by atoms with Gasteiger partial charge in [-0.2, -0.15) is 0 Å². The van der Waals surface area contributed by atoms with Gasteiger partial charge < -0.3 is 15.8 Å². The van der Waals surface area contributed by atoms with Crippen molar-refractivity contribution in [2.24, 2.45) is 0 Å². The van der Waals surface area contributed by atoms with Crippen molar-refractivity contribution in [1.29, 1.82) is 0 Å². The molecule has 1 aromatic heterocycles. The molecule has 0 bridgehead atoms. The van der Waals surface area contributed by atoms with Gasteiger partial charge in [-0.3, -0.25) is 0 Å². The molecule has 0 radical (unpaired) electrons. The van der Waals surface area contributed by atoms with Crippen molar-refractivity contribution in [3.05, 3.63) is 11.9 Å². The second kappa shape index (κ2) is 5.70. The lowest BCUT2D eigenvalue weighted by Crippen LogP contribution is -2.25. The van der Waals surface area contributed by atoms with Gasteiger partial charge in [-0.1, -0.05) is 0 Å². The number of nitrogens with one attached hydrogen (secondary N) is 1. The van der Waals surface area contributed by atoms with Gasteiger partial charge in [-0.05, 0) is 12.8 Å². The van der Waals surface area contributed by atoms with Crippen molar-refractivity contribution in [2.75, 3.05) is 30.5 Å². The van der Waals surface area contributed by atoms with Crippen molar-refractivity contribution in [2.45, 2.75) is 24.7 Å². The molecule has 8 heteroatoms. The highest BCUT2D eigenvalue weighted by Crippen LogP contribution is 2.20. The quantitative estimate of drug-likeness (QED) is 0.795. The van der Waals surface area contributed by atoms with Gasteiger partial charge in [0, 0.05) is 19.7 Å². The first-order valence-corrected chi connectivity index (χ1v) is 7.80. The lowest BCUT2D eigenvalue weighted by molar-refractivity contribution is 0.178. The normalized spacial score (nSPS) is 21.4. The summed E-state index contributed by atoms with van der Waals surface area (Å²) in [4.78, 5) is 8.23. The third-order valence-electron chi connectivity index (χ3n) is 3.04. The molecular formula is C11H18N4O3S. The first-order valence-electron chi connectivity index (χ1n) is 6.09. The van der Waals surface area contributed by atoms with E-state index in [-0.39, 0.29) is 17.6 Å². The Bertz CT molecular complexity index is 547. The number of rotatable bonds is 5. The van der Waals surface area contributed by atoms with Crippen molar-refractivity contribution in [1.82, 2.24) is 9.97 Å². The lowest BCUT2D eigenvalue weighted by atomic mass is 10.2. The van der Waals surface area contributed by atoms with Crippen LogP contribution >= 0.6 is 0 Å². The topological polar surface area (TPSA) is 107 Å². The van der Waals surface area contributed by atoms with E-state index < -0.39 is 9.84 Å². The largest absolute Gasteiger partial charge is 0.384 e. The Kier molecular flexibility index (Phi) is 4.20. The van der Waals surface area contributed by atoms with E-state index in [1.165, 1.54) is 0 Å². The van der Waals surface area contributed by atoms with Gasteiger partial charge in [0.05, 0.1) is 11.0 Å². The minimum absolute atomic E-state index is 0.265. The monoisotopic (exact) mass is 286 g/mol. The average molecular weight is 286 g/mol. The van der Waals surface area contributed by atoms with Gasteiger partial charge in [-0.15, -0.1) is 0 Å². The lowest BCUT2D eigenvalue weighted by Gasteiger charge is -2.12. The Morgan fingerprint density at radius 3 is 2.95 bits per heavy atom. The van der Waals surface area contributed by atoms with Gasteiger partial charge in [0.15, 0.2) is 15.7 Å². The maximum atomic E-state index is 11.7. The van der Waals surface area contributed by atoms with Crippen LogP contribution in [0.15, 0.2) is 6.07 Å². The highest BCUT2D eigenvalue weighted by Gasteiger charge is 2.30. The molecule has 1 aliphatic rings. The van der Waals surface area contributed by atoms with E-state index in [0.29, 0.717) is 30.4 Å². The number of methoxy groups -OCH3 is 1. The van der Waals surface area contributed by atoms with Crippen LogP contribution < -0.4 is 11.1 Å². The Morgan fingerprint density at radius 1 is 1.53 bits per heavy atom.